The Morgan fingerprint density at radius 2 is 2.00 bits per heavy atom. The summed E-state index contributed by atoms with van der Waals surface area (Å²) in [6.45, 7) is 2.00. The highest BCUT2D eigenvalue weighted by Gasteiger charge is 2.40. The summed E-state index contributed by atoms with van der Waals surface area (Å²) in [6.07, 6.45) is 5.98. The zero-order valence-electron chi connectivity index (χ0n) is 9.36. The first-order valence-corrected chi connectivity index (χ1v) is 5.80. The molecule has 1 saturated carbocycles. The Balaban J connectivity index is 2.08. The Labute approximate surface area is 95.4 Å². The molecule has 0 heterocycles. The molecule has 1 aromatic carbocycles. The number of nitrogens with one attached hydrogen (secondary N) is 1. The van der Waals surface area contributed by atoms with Crippen LogP contribution in [-0.4, -0.2) is 11.8 Å². The summed E-state index contributed by atoms with van der Waals surface area (Å²) in [5, 5.41) is 3.47. The second kappa shape index (κ2) is 3.29. The molecule has 2 nitrogen and oxygen atoms in total. The SMILES string of the molecule is CC1(NC2CC2)C(=O)C=Cc2ccccc21. The predicted molar refractivity (Wildman–Crippen MR) is 64.0 cm³/mol. The third-order valence-corrected chi connectivity index (χ3v) is 3.48. The van der Waals surface area contributed by atoms with Gasteiger partial charge in [0.25, 0.3) is 0 Å². The van der Waals surface area contributed by atoms with Gasteiger partial charge in [0.05, 0.1) is 0 Å². The summed E-state index contributed by atoms with van der Waals surface area (Å²) in [5.74, 6) is 0.165. The number of ketones is 1. The second-order valence-electron chi connectivity index (χ2n) is 4.83. The molecule has 0 aromatic heterocycles. The van der Waals surface area contributed by atoms with Gasteiger partial charge in [-0.3, -0.25) is 10.1 Å². The average Bonchev–Trinajstić information content (AvgIpc) is 3.08. The van der Waals surface area contributed by atoms with Gasteiger partial charge in [0.15, 0.2) is 5.78 Å². The van der Waals surface area contributed by atoms with Gasteiger partial charge in [-0.1, -0.05) is 30.3 Å². The molecule has 0 amide bonds. The largest absolute Gasteiger partial charge is 0.298 e. The Kier molecular flexibility index (Phi) is 2.01. The molecule has 2 heteroatoms. The van der Waals surface area contributed by atoms with Crippen molar-refractivity contribution in [3.63, 3.8) is 0 Å². The highest BCUT2D eigenvalue weighted by atomic mass is 16.1. The smallest absolute Gasteiger partial charge is 0.179 e. The minimum absolute atomic E-state index is 0.165. The van der Waals surface area contributed by atoms with Gasteiger partial charge in [-0.2, -0.15) is 0 Å². The lowest BCUT2D eigenvalue weighted by atomic mass is 9.80. The molecule has 1 unspecified atom stereocenters. The molecule has 16 heavy (non-hydrogen) atoms. The number of rotatable bonds is 2. The van der Waals surface area contributed by atoms with Crippen LogP contribution in [0.4, 0.5) is 0 Å². The molecule has 1 fully saturated rings. The van der Waals surface area contributed by atoms with Gasteiger partial charge in [0, 0.05) is 6.04 Å². The molecule has 0 spiro atoms. The van der Waals surface area contributed by atoms with Crippen molar-refractivity contribution in [2.24, 2.45) is 0 Å². The van der Waals surface area contributed by atoms with E-state index in [1.807, 2.05) is 31.2 Å². The number of benzene rings is 1. The Morgan fingerprint density at radius 1 is 1.25 bits per heavy atom. The van der Waals surface area contributed by atoms with Crippen molar-refractivity contribution in [3.05, 3.63) is 41.5 Å². The fourth-order valence-electron chi connectivity index (χ4n) is 2.35. The standard InChI is InChI=1S/C14H15NO/c1-14(15-11-7-8-11)12-5-3-2-4-10(12)6-9-13(14)16/h2-6,9,11,15H,7-8H2,1H3. The van der Waals surface area contributed by atoms with Crippen molar-refractivity contribution in [3.8, 4) is 0 Å². The minimum Gasteiger partial charge on any atom is -0.298 e. The fraction of sp³-hybridized carbons (Fsp3) is 0.357. The van der Waals surface area contributed by atoms with Gasteiger partial charge in [-0.25, -0.2) is 0 Å². The van der Waals surface area contributed by atoms with Gasteiger partial charge in [0.1, 0.15) is 5.54 Å². The normalized spacial score (nSPS) is 27.9. The summed E-state index contributed by atoms with van der Waals surface area (Å²) < 4.78 is 0. The van der Waals surface area contributed by atoms with Crippen LogP contribution in [0.2, 0.25) is 0 Å². The van der Waals surface area contributed by atoms with E-state index in [1.54, 1.807) is 6.08 Å². The molecule has 1 atom stereocenters. The Hall–Kier alpha value is -1.41. The van der Waals surface area contributed by atoms with Crippen LogP contribution >= 0.6 is 0 Å². The van der Waals surface area contributed by atoms with Crippen LogP contribution in [0.15, 0.2) is 30.3 Å². The van der Waals surface area contributed by atoms with Crippen LogP contribution < -0.4 is 5.32 Å². The Bertz CT molecular complexity index is 473. The quantitative estimate of drug-likeness (QED) is 0.816. The number of carbonyl (C=O) groups is 1. The summed E-state index contributed by atoms with van der Waals surface area (Å²) in [4.78, 5) is 12.1. The van der Waals surface area contributed by atoms with Crippen molar-refractivity contribution in [2.45, 2.75) is 31.3 Å². The van der Waals surface area contributed by atoms with E-state index >= 15 is 0 Å². The molecule has 3 rings (SSSR count). The molecule has 0 radical (unpaired) electrons. The van der Waals surface area contributed by atoms with Gasteiger partial charge >= 0.3 is 0 Å². The van der Waals surface area contributed by atoms with Gasteiger partial charge in [-0.15, -0.1) is 0 Å². The summed E-state index contributed by atoms with van der Waals surface area (Å²) in [7, 11) is 0. The van der Waals surface area contributed by atoms with Crippen LogP contribution in [0.3, 0.4) is 0 Å². The average molecular weight is 213 g/mol. The zero-order chi connectivity index (χ0) is 11.2. The second-order valence-corrected chi connectivity index (χ2v) is 4.83. The highest BCUT2D eigenvalue weighted by molar-refractivity contribution is 6.04. The van der Waals surface area contributed by atoms with Crippen LogP contribution in [-0.2, 0) is 10.3 Å². The maximum atomic E-state index is 12.1. The first-order valence-electron chi connectivity index (χ1n) is 5.80. The maximum absolute atomic E-state index is 12.1. The third kappa shape index (κ3) is 1.41. The lowest BCUT2D eigenvalue weighted by molar-refractivity contribution is -0.120. The van der Waals surface area contributed by atoms with E-state index in [1.165, 1.54) is 12.8 Å². The van der Waals surface area contributed by atoms with Crippen LogP contribution in [0.5, 0.6) is 0 Å². The Morgan fingerprint density at radius 3 is 2.75 bits per heavy atom. The first-order chi connectivity index (χ1) is 7.70. The molecular formula is C14H15NO. The van der Waals surface area contributed by atoms with Crippen LogP contribution in [0.25, 0.3) is 6.08 Å². The van der Waals surface area contributed by atoms with Crippen LogP contribution in [0.1, 0.15) is 30.9 Å². The zero-order valence-corrected chi connectivity index (χ0v) is 9.36. The molecule has 2 aliphatic rings. The topological polar surface area (TPSA) is 29.1 Å². The number of hydrogen-bond acceptors (Lipinski definition) is 2. The highest BCUT2D eigenvalue weighted by Crippen LogP contribution is 2.34. The lowest BCUT2D eigenvalue weighted by Gasteiger charge is -2.32. The fourth-order valence-corrected chi connectivity index (χ4v) is 2.35. The molecular weight excluding hydrogens is 198 g/mol. The van der Waals surface area contributed by atoms with Gasteiger partial charge in [-0.05, 0) is 37.0 Å². The van der Waals surface area contributed by atoms with E-state index in [4.69, 9.17) is 0 Å². The molecule has 82 valence electrons. The number of carbonyl (C=O) groups excluding carboxylic acids is 1. The molecule has 1 aromatic rings. The third-order valence-electron chi connectivity index (χ3n) is 3.48. The van der Waals surface area contributed by atoms with Crippen molar-refractivity contribution < 1.29 is 4.79 Å². The first kappa shape index (κ1) is 9.79. The number of fused-ring (bicyclic) bond motifs is 1. The molecule has 1 N–H and O–H groups in total. The monoisotopic (exact) mass is 213 g/mol. The van der Waals surface area contributed by atoms with Crippen molar-refractivity contribution in [1.29, 1.82) is 0 Å². The van der Waals surface area contributed by atoms with Gasteiger partial charge in [0.2, 0.25) is 0 Å². The summed E-state index contributed by atoms with van der Waals surface area (Å²) >= 11 is 0. The lowest BCUT2D eigenvalue weighted by Crippen LogP contribution is -2.48. The van der Waals surface area contributed by atoms with Crippen molar-refractivity contribution >= 4 is 11.9 Å². The van der Waals surface area contributed by atoms with E-state index in [-0.39, 0.29) is 5.78 Å². The molecule has 0 saturated heterocycles. The van der Waals surface area contributed by atoms with Crippen molar-refractivity contribution in [1.82, 2.24) is 5.32 Å². The maximum Gasteiger partial charge on any atom is 0.179 e. The molecule has 0 aliphatic heterocycles. The molecule has 0 bridgehead atoms. The molecule has 2 aliphatic carbocycles. The van der Waals surface area contributed by atoms with Gasteiger partial charge < -0.3 is 0 Å². The summed E-state index contributed by atoms with van der Waals surface area (Å²) in [5.41, 5.74) is 1.74. The van der Waals surface area contributed by atoms with E-state index in [2.05, 4.69) is 11.4 Å². The summed E-state index contributed by atoms with van der Waals surface area (Å²) in [6, 6.07) is 8.64. The van der Waals surface area contributed by atoms with E-state index in [0.717, 1.165) is 11.1 Å². The minimum atomic E-state index is -0.521. The van der Waals surface area contributed by atoms with Crippen LogP contribution in [0, 0.1) is 0 Å². The predicted octanol–water partition coefficient (Wildman–Crippen LogP) is 2.25. The van der Waals surface area contributed by atoms with E-state index in [9.17, 15) is 4.79 Å². The number of hydrogen-bond donors (Lipinski definition) is 1. The van der Waals surface area contributed by atoms with Crippen molar-refractivity contribution in [2.75, 3.05) is 0 Å². The van der Waals surface area contributed by atoms with E-state index < -0.39 is 5.54 Å². The van der Waals surface area contributed by atoms with E-state index in [0.29, 0.717) is 6.04 Å².